The largest absolute Gasteiger partial charge is 0.504 e. The molecule has 1 aromatic rings. The van der Waals surface area contributed by atoms with Crippen LogP contribution in [0.25, 0.3) is 0 Å². The fraction of sp³-hybridized carbons (Fsp3) is 0.625. The van der Waals surface area contributed by atoms with Crippen LogP contribution in [0.3, 0.4) is 0 Å². The maximum absolute atomic E-state index is 12.2. The molecule has 2 aliphatic carbocycles. The molecule has 2 saturated carbocycles. The summed E-state index contributed by atoms with van der Waals surface area (Å²) in [4.78, 5) is 12.2. The lowest BCUT2D eigenvalue weighted by molar-refractivity contribution is -0.0491. The lowest BCUT2D eigenvalue weighted by Crippen LogP contribution is -2.51. The van der Waals surface area contributed by atoms with Crippen molar-refractivity contribution in [3.63, 3.8) is 0 Å². The number of rotatable bonds is 4. The number of esters is 1. The minimum absolute atomic E-state index is 0.0139. The van der Waals surface area contributed by atoms with E-state index < -0.39 is 11.7 Å². The summed E-state index contributed by atoms with van der Waals surface area (Å²) < 4.78 is 10.0. The summed E-state index contributed by atoms with van der Waals surface area (Å²) in [6.45, 7) is 11.3. The van der Waals surface area contributed by atoms with Gasteiger partial charge in [-0.25, -0.2) is 4.79 Å². The summed E-state index contributed by atoms with van der Waals surface area (Å²) in [6.07, 6.45) is 6.19. The summed E-state index contributed by atoms with van der Waals surface area (Å²) >= 11 is 0. The van der Waals surface area contributed by atoms with Crippen molar-refractivity contribution in [1.82, 2.24) is 0 Å². The third-order valence-electron chi connectivity index (χ3n) is 8.06. The van der Waals surface area contributed by atoms with Crippen LogP contribution in [0, 0.1) is 22.7 Å². The van der Waals surface area contributed by atoms with Crippen LogP contribution in [0.2, 0.25) is 0 Å². The normalized spacial score (nSPS) is 31.8. The molecule has 2 fully saturated rings. The summed E-state index contributed by atoms with van der Waals surface area (Å²) in [5.41, 5.74) is 1.98. The standard InChI is InChI=1S/C24H34O5/c1-14-8-7-9-18-23(14,3)11-10-15(2)24(18,4)13-16-12-17(22(27)29-6)20(26)21(28-5)19(16)25/h12,15,18,25-26H,1,7-11,13H2,2-6H3. The van der Waals surface area contributed by atoms with Gasteiger partial charge in [-0.15, -0.1) is 0 Å². The van der Waals surface area contributed by atoms with Gasteiger partial charge in [0, 0.05) is 0 Å². The van der Waals surface area contributed by atoms with Gasteiger partial charge in [-0.05, 0) is 72.8 Å². The Morgan fingerprint density at radius 1 is 1.24 bits per heavy atom. The van der Waals surface area contributed by atoms with E-state index in [9.17, 15) is 15.0 Å². The highest BCUT2D eigenvalue weighted by atomic mass is 16.5. The third-order valence-corrected chi connectivity index (χ3v) is 8.06. The Bertz CT molecular complexity index is 829. The molecule has 0 amide bonds. The number of fused-ring (bicyclic) bond motifs is 1. The topological polar surface area (TPSA) is 76.0 Å². The molecule has 5 nitrogen and oxygen atoms in total. The lowest BCUT2D eigenvalue weighted by Gasteiger charge is -2.59. The number of methoxy groups -OCH3 is 2. The molecule has 4 atom stereocenters. The molecule has 2 aliphatic rings. The zero-order chi connectivity index (χ0) is 21.6. The number of ether oxygens (including phenoxy) is 2. The van der Waals surface area contributed by atoms with Crippen molar-refractivity contribution >= 4 is 5.97 Å². The van der Waals surface area contributed by atoms with Gasteiger partial charge in [-0.3, -0.25) is 0 Å². The molecule has 0 heterocycles. The highest BCUT2D eigenvalue weighted by Gasteiger charge is 2.54. The maximum atomic E-state index is 12.2. The minimum atomic E-state index is -0.653. The monoisotopic (exact) mass is 402 g/mol. The molecular formula is C24H34O5. The SMILES string of the molecule is C=C1CCCC2C1(C)CCC(C)C2(C)Cc1cc(C(=O)OC)c(O)c(OC)c1O. The van der Waals surface area contributed by atoms with Gasteiger partial charge in [-0.1, -0.05) is 32.9 Å². The van der Waals surface area contributed by atoms with Crippen molar-refractivity contribution in [2.75, 3.05) is 14.2 Å². The molecule has 0 aliphatic heterocycles. The zero-order valence-electron chi connectivity index (χ0n) is 18.3. The molecule has 0 aromatic heterocycles. The van der Waals surface area contributed by atoms with Crippen molar-refractivity contribution in [2.45, 2.75) is 59.3 Å². The van der Waals surface area contributed by atoms with Gasteiger partial charge in [-0.2, -0.15) is 0 Å². The smallest absolute Gasteiger partial charge is 0.341 e. The Hall–Kier alpha value is -2.17. The quantitative estimate of drug-likeness (QED) is 0.532. The Morgan fingerprint density at radius 3 is 2.55 bits per heavy atom. The van der Waals surface area contributed by atoms with E-state index in [-0.39, 0.29) is 27.9 Å². The van der Waals surface area contributed by atoms with Crippen LogP contribution in [0.5, 0.6) is 17.2 Å². The number of aromatic hydroxyl groups is 2. The van der Waals surface area contributed by atoms with Gasteiger partial charge >= 0.3 is 5.97 Å². The molecule has 1 aromatic carbocycles. The number of hydrogen-bond donors (Lipinski definition) is 2. The van der Waals surface area contributed by atoms with Crippen LogP contribution in [-0.4, -0.2) is 30.4 Å². The van der Waals surface area contributed by atoms with Crippen molar-refractivity contribution in [1.29, 1.82) is 0 Å². The van der Waals surface area contributed by atoms with Gasteiger partial charge < -0.3 is 19.7 Å². The average molecular weight is 403 g/mol. The molecule has 5 heteroatoms. The molecule has 0 bridgehead atoms. The molecule has 4 unspecified atom stereocenters. The van der Waals surface area contributed by atoms with Gasteiger partial charge in [0.1, 0.15) is 5.56 Å². The predicted molar refractivity (Wildman–Crippen MR) is 112 cm³/mol. The first-order valence-corrected chi connectivity index (χ1v) is 10.5. The first kappa shape index (κ1) is 21.5. The minimum Gasteiger partial charge on any atom is -0.504 e. The number of allylic oxidation sites excluding steroid dienone is 1. The molecule has 0 saturated heterocycles. The second-order valence-corrected chi connectivity index (χ2v) is 9.39. The predicted octanol–water partition coefficient (Wildman–Crippen LogP) is 5.23. The number of hydrogen-bond acceptors (Lipinski definition) is 5. The first-order chi connectivity index (χ1) is 13.6. The third kappa shape index (κ3) is 3.28. The number of phenolic OH excluding ortho intramolecular Hbond substituents is 2. The average Bonchev–Trinajstić information content (AvgIpc) is 2.69. The Kier molecular flexibility index (Phi) is 5.63. The van der Waals surface area contributed by atoms with E-state index in [1.165, 1.54) is 19.8 Å². The number of phenols is 2. The van der Waals surface area contributed by atoms with Gasteiger partial charge in [0.25, 0.3) is 0 Å². The van der Waals surface area contributed by atoms with Crippen LogP contribution in [0.4, 0.5) is 0 Å². The summed E-state index contributed by atoms with van der Waals surface area (Å²) in [7, 11) is 2.64. The van der Waals surface area contributed by atoms with Crippen LogP contribution < -0.4 is 4.74 Å². The number of carbonyl (C=O) groups excluding carboxylic acids is 1. The Morgan fingerprint density at radius 2 is 1.93 bits per heavy atom. The van der Waals surface area contributed by atoms with Crippen LogP contribution in [-0.2, 0) is 11.2 Å². The maximum Gasteiger partial charge on any atom is 0.341 e. The lowest BCUT2D eigenvalue weighted by atomic mass is 9.46. The molecular weight excluding hydrogens is 368 g/mol. The van der Waals surface area contributed by atoms with Crippen LogP contribution >= 0.6 is 0 Å². The Labute approximate surface area is 173 Å². The highest BCUT2D eigenvalue weighted by Crippen LogP contribution is 2.62. The van der Waals surface area contributed by atoms with E-state index in [0.717, 1.165) is 32.1 Å². The Balaban J connectivity index is 2.09. The molecule has 160 valence electrons. The summed E-state index contributed by atoms with van der Waals surface area (Å²) in [5, 5.41) is 21.2. The fourth-order valence-corrected chi connectivity index (χ4v) is 5.96. The molecule has 0 spiro atoms. The second kappa shape index (κ2) is 7.58. The van der Waals surface area contributed by atoms with E-state index in [4.69, 9.17) is 9.47 Å². The van der Waals surface area contributed by atoms with Crippen LogP contribution in [0.15, 0.2) is 18.2 Å². The van der Waals surface area contributed by atoms with Gasteiger partial charge in [0.2, 0.25) is 5.75 Å². The van der Waals surface area contributed by atoms with Crippen molar-refractivity contribution in [3.05, 3.63) is 29.3 Å². The molecule has 3 rings (SSSR count). The summed E-state index contributed by atoms with van der Waals surface area (Å²) in [6, 6.07) is 1.56. The molecule has 0 radical (unpaired) electrons. The fourth-order valence-electron chi connectivity index (χ4n) is 5.96. The van der Waals surface area contributed by atoms with E-state index in [1.807, 2.05) is 0 Å². The molecule has 29 heavy (non-hydrogen) atoms. The van der Waals surface area contributed by atoms with Crippen molar-refractivity contribution < 1.29 is 24.5 Å². The van der Waals surface area contributed by atoms with Gasteiger partial charge in [0.15, 0.2) is 11.5 Å². The van der Waals surface area contributed by atoms with E-state index >= 15 is 0 Å². The van der Waals surface area contributed by atoms with E-state index in [2.05, 4.69) is 27.4 Å². The second-order valence-electron chi connectivity index (χ2n) is 9.39. The first-order valence-electron chi connectivity index (χ1n) is 10.5. The number of carbonyl (C=O) groups is 1. The zero-order valence-corrected chi connectivity index (χ0v) is 18.3. The van der Waals surface area contributed by atoms with E-state index in [0.29, 0.717) is 23.8 Å². The van der Waals surface area contributed by atoms with Gasteiger partial charge in [0.05, 0.1) is 14.2 Å². The summed E-state index contributed by atoms with van der Waals surface area (Å²) in [5.74, 6) is -0.329. The molecule has 2 N–H and O–H groups in total. The van der Waals surface area contributed by atoms with E-state index in [1.54, 1.807) is 6.07 Å². The highest BCUT2D eigenvalue weighted by molar-refractivity contribution is 5.94. The number of benzene rings is 1. The van der Waals surface area contributed by atoms with Crippen molar-refractivity contribution in [3.8, 4) is 17.2 Å². The van der Waals surface area contributed by atoms with Crippen molar-refractivity contribution in [2.24, 2.45) is 22.7 Å². The van der Waals surface area contributed by atoms with Crippen LogP contribution in [0.1, 0.15) is 68.8 Å².